The highest BCUT2D eigenvalue weighted by atomic mass is 16.5. The summed E-state index contributed by atoms with van der Waals surface area (Å²) < 4.78 is 7.36. The van der Waals surface area contributed by atoms with Gasteiger partial charge < -0.3 is 19.9 Å². The van der Waals surface area contributed by atoms with E-state index in [2.05, 4.69) is 27.8 Å². The Balaban J connectivity index is 1.42. The molecular formula is C23H26N4O2. The first kappa shape index (κ1) is 20.2. The molecule has 1 aromatic heterocycles. The largest absolute Gasteiger partial charge is 0.492 e. The molecule has 0 saturated heterocycles. The van der Waals surface area contributed by atoms with Crippen LogP contribution in [0.3, 0.4) is 0 Å². The minimum atomic E-state index is 0.00404. The van der Waals surface area contributed by atoms with Crippen molar-refractivity contribution in [2.75, 3.05) is 20.2 Å². The maximum Gasteiger partial charge on any atom is 0.250 e. The van der Waals surface area contributed by atoms with Crippen LogP contribution in [0.25, 0.3) is 0 Å². The summed E-state index contributed by atoms with van der Waals surface area (Å²) in [6, 6.07) is 23.1. The molecule has 0 radical (unpaired) electrons. The summed E-state index contributed by atoms with van der Waals surface area (Å²) in [5.41, 5.74) is 2.23. The Morgan fingerprint density at radius 1 is 0.931 bits per heavy atom. The lowest BCUT2D eigenvalue weighted by atomic mass is 10.1. The molecule has 0 aliphatic heterocycles. The van der Waals surface area contributed by atoms with Crippen LogP contribution in [0.2, 0.25) is 0 Å². The van der Waals surface area contributed by atoms with E-state index in [1.54, 1.807) is 29.9 Å². The maximum atomic E-state index is 11.8. The number of hydrogen-bond donors (Lipinski definition) is 2. The molecular weight excluding hydrogens is 364 g/mol. The van der Waals surface area contributed by atoms with Gasteiger partial charge >= 0.3 is 0 Å². The van der Waals surface area contributed by atoms with Crippen LogP contribution >= 0.6 is 0 Å². The number of ether oxygens (including phenoxy) is 1. The highest BCUT2D eigenvalue weighted by Gasteiger charge is 2.01. The summed E-state index contributed by atoms with van der Waals surface area (Å²) >= 11 is 0. The van der Waals surface area contributed by atoms with Crippen molar-refractivity contribution in [1.29, 1.82) is 0 Å². The number of benzene rings is 2. The van der Waals surface area contributed by atoms with Gasteiger partial charge in [-0.1, -0.05) is 48.5 Å². The molecule has 0 aliphatic carbocycles. The first-order chi connectivity index (χ1) is 14.2. The Kier molecular flexibility index (Phi) is 7.46. The third kappa shape index (κ3) is 6.53. The molecule has 6 heteroatoms. The number of nitrogens with zero attached hydrogens (tertiary/aromatic N) is 2. The molecule has 2 N–H and O–H groups in total. The Labute approximate surface area is 170 Å². The fourth-order valence-corrected chi connectivity index (χ4v) is 2.81. The summed E-state index contributed by atoms with van der Waals surface area (Å²) in [5, 5.41) is 6.53. The molecule has 0 amide bonds. The van der Waals surface area contributed by atoms with E-state index in [0.717, 1.165) is 22.8 Å². The number of guanidine groups is 1. The molecule has 150 valence electrons. The molecule has 29 heavy (non-hydrogen) atoms. The van der Waals surface area contributed by atoms with Crippen molar-refractivity contribution in [3.05, 3.63) is 100 Å². The van der Waals surface area contributed by atoms with Gasteiger partial charge in [-0.2, -0.15) is 0 Å². The van der Waals surface area contributed by atoms with Gasteiger partial charge in [0.05, 0.1) is 13.1 Å². The number of para-hydroxylation sites is 1. The van der Waals surface area contributed by atoms with Gasteiger partial charge in [0.25, 0.3) is 5.56 Å². The SMILES string of the molecule is CN=C(NCCOc1ccccc1)NCc1ccc(Cn2ccccc2=O)cc1. The average Bonchev–Trinajstić information content (AvgIpc) is 2.76. The quantitative estimate of drug-likeness (QED) is 0.353. The van der Waals surface area contributed by atoms with E-state index in [9.17, 15) is 4.79 Å². The van der Waals surface area contributed by atoms with Crippen LogP contribution in [0, 0.1) is 0 Å². The predicted octanol–water partition coefficient (Wildman–Crippen LogP) is 2.64. The molecule has 3 aromatic rings. The number of pyridine rings is 1. The van der Waals surface area contributed by atoms with Crippen molar-refractivity contribution in [3.8, 4) is 5.75 Å². The first-order valence-electron chi connectivity index (χ1n) is 9.60. The molecule has 0 spiro atoms. The number of rotatable bonds is 8. The van der Waals surface area contributed by atoms with Crippen molar-refractivity contribution in [2.45, 2.75) is 13.1 Å². The Morgan fingerprint density at radius 3 is 2.38 bits per heavy atom. The zero-order valence-electron chi connectivity index (χ0n) is 16.5. The van der Waals surface area contributed by atoms with Crippen LogP contribution in [0.4, 0.5) is 0 Å². The zero-order chi connectivity index (χ0) is 20.3. The highest BCUT2D eigenvalue weighted by Crippen LogP contribution is 2.07. The molecule has 0 aliphatic rings. The number of aromatic nitrogens is 1. The highest BCUT2D eigenvalue weighted by molar-refractivity contribution is 5.79. The minimum absolute atomic E-state index is 0.00404. The van der Waals surface area contributed by atoms with Crippen molar-refractivity contribution < 1.29 is 4.74 Å². The van der Waals surface area contributed by atoms with Gasteiger partial charge in [0.2, 0.25) is 0 Å². The van der Waals surface area contributed by atoms with E-state index in [1.165, 1.54) is 0 Å². The Bertz CT molecular complexity index is 966. The molecule has 6 nitrogen and oxygen atoms in total. The number of hydrogen-bond acceptors (Lipinski definition) is 3. The second-order valence-electron chi connectivity index (χ2n) is 6.50. The lowest BCUT2D eigenvalue weighted by molar-refractivity contribution is 0.322. The molecule has 0 saturated carbocycles. The van der Waals surface area contributed by atoms with Crippen LogP contribution in [-0.4, -0.2) is 30.7 Å². The van der Waals surface area contributed by atoms with Crippen molar-refractivity contribution in [3.63, 3.8) is 0 Å². The molecule has 1 heterocycles. The summed E-state index contributed by atoms with van der Waals surface area (Å²) in [6.45, 7) is 2.43. The average molecular weight is 390 g/mol. The zero-order valence-corrected chi connectivity index (χ0v) is 16.5. The van der Waals surface area contributed by atoms with Crippen molar-refractivity contribution in [1.82, 2.24) is 15.2 Å². The monoisotopic (exact) mass is 390 g/mol. The first-order valence-corrected chi connectivity index (χ1v) is 9.60. The molecule has 0 fully saturated rings. The van der Waals surface area contributed by atoms with Gasteiger partial charge in [0.15, 0.2) is 5.96 Å². The fourth-order valence-electron chi connectivity index (χ4n) is 2.81. The fraction of sp³-hybridized carbons (Fsp3) is 0.217. The Hall–Kier alpha value is -3.54. The van der Waals surface area contributed by atoms with E-state index < -0.39 is 0 Å². The van der Waals surface area contributed by atoms with Gasteiger partial charge in [-0.25, -0.2) is 0 Å². The molecule has 0 atom stereocenters. The van der Waals surface area contributed by atoms with Crippen LogP contribution in [0.15, 0.2) is 88.8 Å². The third-order valence-electron chi connectivity index (χ3n) is 4.36. The second kappa shape index (κ2) is 10.7. The van der Waals surface area contributed by atoms with Gasteiger partial charge in [-0.05, 0) is 29.3 Å². The lowest BCUT2D eigenvalue weighted by Crippen LogP contribution is -2.38. The van der Waals surface area contributed by atoms with Crippen LogP contribution in [0.5, 0.6) is 5.75 Å². The normalized spacial score (nSPS) is 11.1. The minimum Gasteiger partial charge on any atom is -0.492 e. The molecule has 0 bridgehead atoms. The standard InChI is InChI=1S/C23H26N4O2/c1-24-23(25-14-16-29-21-7-3-2-4-8-21)26-17-19-10-12-20(13-11-19)18-27-15-6-5-9-22(27)28/h2-13,15H,14,16-18H2,1H3,(H2,24,25,26). The van der Waals surface area contributed by atoms with Gasteiger partial charge in [-0.3, -0.25) is 9.79 Å². The van der Waals surface area contributed by atoms with E-state index in [-0.39, 0.29) is 5.56 Å². The maximum absolute atomic E-state index is 11.8. The third-order valence-corrected chi connectivity index (χ3v) is 4.36. The van der Waals surface area contributed by atoms with E-state index in [0.29, 0.717) is 26.2 Å². The summed E-state index contributed by atoms with van der Waals surface area (Å²) in [6.07, 6.45) is 1.80. The molecule has 2 aromatic carbocycles. The van der Waals surface area contributed by atoms with Gasteiger partial charge in [0, 0.05) is 25.9 Å². The van der Waals surface area contributed by atoms with Crippen LogP contribution in [0.1, 0.15) is 11.1 Å². The van der Waals surface area contributed by atoms with Crippen molar-refractivity contribution in [2.24, 2.45) is 4.99 Å². The lowest BCUT2D eigenvalue weighted by Gasteiger charge is -2.13. The smallest absolute Gasteiger partial charge is 0.250 e. The van der Waals surface area contributed by atoms with Crippen molar-refractivity contribution >= 4 is 5.96 Å². The second-order valence-corrected chi connectivity index (χ2v) is 6.50. The van der Waals surface area contributed by atoms with E-state index in [1.807, 2.05) is 48.5 Å². The topological polar surface area (TPSA) is 67.7 Å². The van der Waals surface area contributed by atoms with Gasteiger partial charge in [0.1, 0.15) is 12.4 Å². The molecule has 0 unspecified atom stereocenters. The predicted molar refractivity (Wildman–Crippen MR) is 116 cm³/mol. The van der Waals surface area contributed by atoms with E-state index >= 15 is 0 Å². The van der Waals surface area contributed by atoms with E-state index in [4.69, 9.17) is 4.74 Å². The summed E-state index contributed by atoms with van der Waals surface area (Å²) in [5.74, 6) is 1.58. The number of aliphatic imine (C=N–C) groups is 1. The number of nitrogens with one attached hydrogen (secondary N) is 2. The summed E-state index contributed by atoms with van der Waals surface area (Å²) in [4.78, 5) is 16.0. The van der Waals surface area contributed by atoms with Gasteiger partial charge in [-0.15, -0.1) is 0 Å². The Morgan fingerprint density at radius 2 is 1.66 bits per heavy atom. The van der Waals surface area contributed by atoms with Crippen LogP contribution < -0.4 is 20.9 Å². The van der Waals surface area contributed by atoms with Crippen LogP contribution in [-0.2, 0) is 13.1 Å². The molecule has 3 rings (SSSR count). The summed E-state index contributed by atoms with van der Waals surface area (Å²) in [7, 11) is 1.74.